The third-order valence-electron chi connectivity index (χ3n) is 4.50. The zero-order valence-electron chi connectivity index (χ0n) is 16.2. The van der Waals surface area contributed by atoms with E-state index in [1.165, 1.54) is 11.6 Å². The van der Waals surface area contributed by atoms with Crippen LogP contribution in [0.1, 0.15) is 27.3 Å². The van der Waals surface area contributed by atoms with Crippen LogP contribution < -0.4 is 10.6 Å². The number of hydrogen-bond donors (Lipinski definition) is 2. The molecule has 0 radical (unpaired) electrons. The molecule has 0 atom stereocenters. The van der Waals surface area contributed by atoms with Gasteiger partial charge in [-0.15, -0.1) is 0 Å². The van der Waals surface area contributed by atoms with Crippen molar-refractivity contribution < 1.29 is 9.59 Å². The minimum Gasteiger partial charge on any atom is -0.352 e. The Hall–Kier alpha value is -3.67. The molecule has 3 rings (SSSR count). The molecule has 148 valence electrons. The highest BCUT2D eigenvalue weighted by Gasteiger charge is 2.08. The van der Waals surface area contributed by atoms with Crippen molar-refractivity contribution in [1.29, 1.82) is 0 Å². The Kier molecular flexibility index (Phi) is 6.95. The number of carbonyl (C=O) groups is 2. The van der Waals surface area contributed by atoms with E-state index in [0.717, 1.165) is 17.9 Å². The number of carbonyl (C=O) groups excluding carboxylic acids is 2. The van der Waals surface area contributed by atoms with Gasteiger partial charge in [0.2, 0.25) is 5.91 Å². The smallest absolute Gasteiger partial charge is 0.251 e. The lowest BCUT2D eigenvalue weighted by atomic mass is 10.1. The molecule has 0 bridgehead atoms. The topological polar surface area (TPSA) is 76.0 Å². The Bertz CT molecular complexity index is 962. The molecular formula is C23H24N4O2. The highest BCUT2D eigenvalue weighted by Crippen LogP contribution is 2.07. The SMILES string of the molecule is C=CC(=O)NCc1ccc(C(=O)NCCc2nccn2Cc2ccccc2)cc1. The molecule has 0 aliphatic rings. The van der Waals surface area contributed by atoms with E-state index in [9.17, 15) is 9.59 Å². The monoisotopic (exact) mass is 388 g/mol. The quantitative estimate of drug-likeness (QED) is 0.554. The summed E-state index contributed by atoms with van der Waals surface area (Å²) in [7, 11) is 0. The maximum absolute atomic E-state index is 12.4. The van der Waals surface area contributed by atoms with Crippen LogP contribution >= 0.6 is 0 Å². The summed E-state index contributed by atoms with van der Waals surface area (Å²) >= 11 is 0. The molecule has 0 saturated carbocycles. The van der Waals surface area contributed by atoms with Gasteiger partial charge in [-0.2, -0.15) is 0 Å². The molecule has 0 spiro atoms. The molecule has 0 unspecified atom stereocenters. The number of hydrogen-bond acceptors (Lipinski definition) is 3. The van der Waals surface area contributed by atoms with Crippen LogP contribution in [0.3, 0.4) is 0 Å². The first kappa shape index (κ1) is 20.1. The number of nitrogens with zero attached hydrogens (tertiary/aromatic N) is 2. The molecule has 0 aliphatic heterocycles. The zero-order valence-corrected chi connectivity index (χ0v) is 16.2. The van der Waals surface area contributed by atoms with E-state index in [2.05, 4.69) is 38.9 Å². The number of nitrogens with one attached hydrogen (secondary N) is 2. The molecule has 6 nitrogen and oxygen atoms in total. The van der Waals surface area contributed by atoms with E-state index < -0.39 is 0 Å². The van der Waals surface area contributed by atoms with Crippen LogP contribution in [-0.2, 0) is 24.3 Å². The van der Waals surface area contributed by atoms with Crippen molar-refractivity contribution in [2.75, 3.05) is 6.54 Å². The van der Waals surface area contributed by atoms with E-state index in [4.69, 9.17) is 0 Å². The molecule has 1 aromatic heterocycles. The van der Waals surface area contributed by atoms with Crippen molar-refractivity contribution >= 4 is 11.8 Å². The first-order valence-electron chi connectivity index (χ1n) is 9.47. The summed E-state index contributed by atoms with van der Waals surface area (Å²) < 4.78 is 2.09. The van der Waals surface area contributed by atoms with Gasteiger partial charge in [-0.25, -0.2) is 4.98 Å². The van der Waals surface area contributed by atoms with Crippen molar-refractivity contribution in [2.45, 2.75) is 19.5 Å². The summed E-state index contributed by atoms with van der Waals surface area (Å²) in [4.78, 5) is 28.0. The standard InChI is InChI=1S/C23H24N4O2/c1-2-22(28)26-16-18-8-10-20(11-9-18)23(29)25-13-12-21-24-14-15-27(21)17-19-6-4-3-5-7-19/h2-11,14-15H,1,12-13,16-17H2,(H,25,29)(H,26,28). The Balaban J connectivity index is 1.48. The Morgan fingerprint density at radius 1 is 1.00 bits per heavy atom. The fourth-order valence-electron chi connectivity index (χ4n) is 2.92. The first-order chi connectivity index (χ1) is 14.2. The Morgan fingerprint density at radius 2 is 1.76 bits per heavy atom. The maximum atomic E-state index is 12.4. The molecule has 0 fully saturated rings. The van der Waals surface area contributed by atoms with Gasteiger partial charge in [0.25, 0.3) is 5.91 Å². The number of imidazole rings is 1. The zero-order chi connectivity index (χ0) is 20.5. The molecule has 1 heterocycles. The average molecular weight is 388 g/mol. The van der Waals surface area contributed by atoms with Gasteiger partial charge < -0.3 is 15.2 Å². The fourth-order valence-corrected chi connectivity index (χ4v) is 2.92. The molecule has 0 aliphatic carbocycles. The summed E-state index contributed by atoms with van der Waals surface area (Å²) in [6, 6.07) is 17.3. The number of amides is 2. The number of aromatic nitrogens is 2. The minimum absolute atomic E-state index is 0.132. The lowest BCUT2D eigenvalue weighted by molar-refractivity contribution is -0.116. The van der Waals surface area contributed by atoms with Crippen molar-refractivity contribution in [2.24, 2.45) is 0 Å². The molecule has 0 saturated heterocycles. The molecule has 2 amide bonds. The van der Waals surface area contributed by atoms with Crippen LogP contribution in [0.25, 0.3) is 0 Å². The normalized spacial score (nSPS) is 10.3. The molecule has 2 N–H and O–H groups in total. The van der Waals surface area contributed by atoms with Gasteiger partial charge in [0, 0.05) is 44.0 Å². The van der Waals surface area contributed by atoms with Gasteiger partial charge in [0.05, 0.1) is 0 Å². The van der Waals surface area contributed by atoms with Gasteiger partial charge in [-0.1, -0.05) is 49.0 Å². The average Bonchev–Trinajstić information content (AvgIpc) is 3.19. The molecule has 6 heteroatoms. The molecule has 2 aromatic carbocycles. The van der Waals surface area contributed by atoms with Crippen molar-refractivity contribution in [3.63, 3.8) is 0 Å². The van der Waals surface area contributed by atoms with Crippen LogP contribution in [0, 0.1) is 0 Å². The Morgan fingerprint density at radius 3 is 2.48 bits per heavy atom. The predicted octanol–water partition coefficient (Wildman–Crippen LogP) is 2.71. The van der Waals surface area contributed by atoms with Crippen molar-refractivity contribution in [3.05, 3.63) is 102 Å². The molecular weight excluding hydrogens is 364 g/mol. The summed E-state index contributed by atoms with van der Waals surface area (Å²) in [6.45, 7) is 5.07. The van der Waals surface area contributed by atoms with E-state index in [1.54, 1.807) is 18.3 Å². The Labute approximate surface area is 170 Å². The van der Waals surface area contributed by atoms with E-state index in [1.807, 2.05) is 36.5 Å². The second kappa shape index (κ2) is 10.0. The highest BCUT2D eigenvalue weighted by molar-refractivity contribution is 5.94. The summed E-state index contributed by atoms with van der Waals surface area (Å²) in [5, 5.41) is 5.63. The van der Waals surface area contributed by atoms with Crippen LogP contribution in [-0.4, -0.2) is 27.9 Å². The van der Waals surface area contributed by atoms with E-state index >= 15 is 0 Å². The largest absolute Gasteiger partial charge is 0.352 e. The van der Waals surface area contributed by atoms with Gasteiger partial charge in [0.15, 0.2) is 0 Å². The highest BCUT2D eigenvalue weighted by atomic mass is 16.2. The second-order valence-electron chi connectivity index (χ2n) is 6.58. The van der Waals surface area contributed by atoms with Crippen LogP contribution in [0.15, 0.2) is 79.6 Å². The lowest BCUT2D eigenvalue weighted by Gasteiger charge is -2.09. The van der Waals surface area contributed by atoms with Crippen LogP contribution in [0.2, 0.25) is 0 Å². The van der Waals surface area contributed by atoms with Crippen LogP contribution in [0.5, 0.6) is 0 Å². The summed E-state index contributed by atoms with van der Waals surface area (Å²) in [5.41, 5.74) is 2.70. The summed E-state index contributed by atoms with van der Waals surface area (Å²) in [5.74, 6) is 0.577. The minimum atomic E-state index is -0.225. The van der Waals surface area contributed by atoms with Gasteiger partial charge in [0.1, 0.15) is 5.82 Å². The van der Waals surface area contributed by atoms with Gasteiger partial charge in [-0.05, 0) is 29.3 Å². The van der Waals surface area contributed by atoms with Gasteiger partial charge in [-0.3, -0.25) is 9.59 Å². The third kappa shape index (κ3) is 5.90. The molecule has 3 aromatic rings. The van der Waals surface area contributed by atoms with Gasteiger partial charge >= 0.3 is 0 Å². The maximum Gasteiger partial charge on any atom is 0.251 e. The van der Waals surface area contributed by atoms with Crippen molar-refractivity contribution in [3.8, 4) is 0 Å². The number of rotatable bonds is 9. The lowest BCUT2D eigenvalue weighted by Crippen LogP contribution is -2.26. The van der Waals surface area contributed by atoms with E-state index in [0.29, 0.717) is 25.1 Å². The predicted molar refractivity (Wildman–Crippen MR) is 112 cm³/mol. The second-order valence-corrected chi connectivity index (χ2v) is 6.58. The summed E-state index contributed by atoms with van der Waals surface area (Å²) in [6.07, 6.45) is 5.61. The fraction of sp³-hybridized carbons (Fsp3) is 0.174. The number of benzene rings is 2. The van der Waals surface area contributed by atoms with Crippen LogP contribution in [0.4, 0.5) is 0 Å². The first-order valence-corrected chi connectivity index (χ1v) is 9.47. The van der Waals surface area contributed by atoms with E-state index in [-0.39, 0.29) is 11.8 Å². The third-order valence-corrected chi connectivity index (χ3v) is 4.50. The van der Waals surface area contributed by atoms with Crippen molar-refractivity contribution in [1.82, 2.24) is 20.2 Å². The molecule has 29 heavy (non-hydrogen) atoms.